The van der Waals surface area contributed by atoms with E-state index in [-0.39, 0.29) is 11.7 Å². The first-order chi connectivity index (χ1) is 9.78. The third kappa shape index (κ3) is 8.24. The molecule has 0 aromatic carbocycles. The zero-order valence-corrected chi connectivity index (χ0v) is 14.3. The number of hydrogen-bond acceptors (Lipinski definition) is 5. The van der Waals surface area contributed by atoms with Gasteiger partial charge in [0.15, 0.2) is 0 Å². The van der Waals surface area contributed by atoms with E-state index in [2.05, 4.69) is 29.2 Å². The predicted molar refractivity (Wildman–Crippen MR) is 85.7 cm³/mol. The standard InChI is InChI=1S/C10H20N2O2.C5H12N2/c1-10(2,3)14-9(13)12-7-5-11(4)6-8-12;1-7-4-2-6-3-5-7/h5-8H2,1-4H3;6H,2-5H2,1H3. The van der Waals surface area contributed by atoms with Crippen molar-refractivity contribution in [3.8, 4) is 0 Å². The number of amides is 1. The van der Waals surface area contributed by atoms with Crippen molar-refractivity contribution in [1.82, 2.24) is 20.0 Å². The second-order valence-electron chi connectivity index (χ2n) is 6.82. The van der Waals surface area contributed by atoms with Crippen LogP contribution >= 0.6 is 0 Å². The predicted octanol–water partition coefficient (Wildman–Crippen LogP) is 0.690. The number of piperazine rings is 2. The zero-order valence-electron chi connectivity index (χ0n) is 14.3. The molecule has 0 bridgehead atoms. The van der Waals surface area contributed by atoms with Crippen molar-refractivity contribution in [2.45, 2.75) is 26.4 Å². The highest BCUT2D eigenvalue weighted by molar-refractivity contribution is 5.68. The number of hydrogen-bond donors (Lipinski definition) is 1. The molecular weight excluding hydrogens is 268 g/mol. The Morgan fingerprint density at radius 2 is 1.38 bits per heavy atom. The largest absolute Gasteiger partial charge is 0.444 e. The molecule has 1 N–H and O–H groups in total. The third-order valence-electron chi connectivity index (χ3n) is 3.50. The van der Waals surface area contributed by atoms with E-state index in [1.54, 1.807) is 4.90 Å². The van der Waals surface area contributed by atoms with Crippen LogP contribution in [0.4, 0.5) is 4.79 Å². The average Bonchev–Trinajstić information content (AvgIpc) is 2.39. The van der Waals surface area contributed by atoms with E-state index in [4.69, 9.17) is 4.74 Å². The lowest BCUT2D eigenvalue weighted by Crippen LogP contribution is -2.48. The summed E-state index contributed by atoms with van der Waals surface area (Å²) in [5.74, 6) is 0. The van der Waals surface area contributed by atoms with Crippen LogP contribution in [0.5, 0.6) is 0 Å². The summed E-state index contributed by atoms with van der Waals surface area (Å²) in [4.78, 5) is 17.9. The normalized spacial score (nSPS) is 21.5. The first kappa shape index (κ1) is 18.2. The maximum atomic E-state index is 11.6. The van der Waals surface area contributed by atoms with E-state index < -0.39 is 0 Å². The van der Waals surface area contributed by atoms with Gasteiger partial charge in [-0.3, -0.25) is 0 Å². The summed E-state index contributed by atoms with van der Waals surface area (Å²) in [5, 5.41) is 3.27. The van der Waals surface area contributed by atoms with Crippen LogP contribution in [0.15, 0.2) is 0 Å². The second-order valence-corrected chi connectivity index (χ2v) is 6.82. The van der Waals surface area contributed by atoms with Gasteiger partial charge in [-0.2, -0.15) is 0 Å². The fraction of sp³-hybridized carbons (Fsp3) is 0.933. The van der Waals surface area contributed by atoms with Gasteiger partial charge >= 0.3 is 6.09 Å². The van der Waals surface area contributed by atoms with Crippen LogP contribution in [0.3, 0.4) is 0 Å². The molecule has 0 saturated carbocycles. The minimum Gasteiger partial charge on any atom is -0.444 e. The van der Waals surface area contributed by atoms with Gasteiger partial charge in [0.05, 0.1) is 0 Å². The molecule has 0 aromatic rings. The first-order valence-corrected chi connectivity index (χ1v) is 7.83. The summed E-state index contributed by atoms with van der Waals surface area (Å²) in [7, 11) is 4.22. The van der Waals surface area contributed by atoms with Gasteiger partial charge < -0.3 is 24.8 Å². The van der Waals surface area contributed by atoms with Crippen molar-refractivity contribution in [2.75, 3.05) is 66.5 Å². The summed E-state index contributed by atoms with van der Waals surface area (Å²) in [5.41, 5.74) is -0.388. The van der Waals surface area contributed by atoms with Gasteiger partial charge in [0, 0.05) is 52.4 Å². The van der Waals surface area contributed by atoms with Gasteiger partial charge in [-0.05, 0) is 34.9 Å². The Balaban J connectivity index is 0.000000262. The molecule has 0 atom stereocenters. The number of nitrogens with one attached hydrogen (secondary N) is 1. The molecule has 2 rings (SSSR count). The van der Waals surface area contributed by atoms with E-state index in [0.717, 1.165) is 39.3 Å². The van der Waals surface area contributed by atoms with Crippen molar-refractivity contribution < 1.29 is 9.53 Å². The molecule has 2 saturated heterocycles. The molecule has 1 amide bonds. The second kappa shape index (κ2) is 8.56. The fourth-order valence-electron chi connectivity index (χ4n) is 2.09. The number of ether oxygens (including phenoxy) is 1. The molecule has 0 aromatic heterocycles. The zero-order chi connectivity index (χ0) is 15.9. The Hall–Kier alpha value is -0.850. The quantitative estimate of drug-likeness (QED) is 0.713. The van der Waals surface area contributed by atoms with Crippen LogP contribution in [0.1, 0.15) is 20.8 Å². The minimum atomic E-state index is -0.388. The maximum absolute atomic E-state index is 11.6. The Morgan fingerprint density at radius 3 is 1.76 bits per heavy atom. The summed E-state index contributed by atoms with van der Waals surface area (Å²) in [6.45, 7) is 13.8. The SMILES string of the molecule is CN1CCN(C(=O)OC(C)(C)C)CC1.CN1CCNCC1. The third-order valence-corrected chi connectivity index (χ3v) is 3.50. The van der Waals surface area contributed by atoms with Crippen molar-refractivity contribution in [3.05, 3.63) is 0 Å². The van der Waals surface area contributed by atoms with E-state index in [1.165, 1.54) is 13.1 Å². The van der Waals surface area contributed by atoms with Gasteiger partial charge in [0.25, 0.3) is 0 Å². The Kier molecular flexibility index (Phi) is 7.42. The van der Waals surface area contributed by atoms with E-state index in [9.17, 15) is 4.79 Å². The molecule has 0 aliphatic carbocycles. The van der Waals surface area contributed by atoms with Gasteiger partial charge in [-0.25, -0.2) is 4.79 Å². The maximum Gasteiger partial charge on any atom is 0.410 e. The Bertz CT molecular complexity index is 303. The highest BCUT2D eigenvalue weighted by atomic mass is 16.6. The summed E-state index contributed by atoms with van der Waals surface area (Å²) < 4.78 is 5.28. The Labute approximate surface area is 129 Å². The van der Waals surface area contributed by atoms with Crippen molar-refractivity contribution >= 4 is 6.09 Å². The lowest BCUT2D eigenvalue weighted by atomic mass is 10.2. The van der Waals surface area contributed by atoms with E-state index in [0.29, 0.717) is 0 Å². The lowest BCUT2D eigenvalue weighted by molar-refractivity contribution is 0.0164. The van der Waals surface area contributed by atoms with Crippen LogP contribution in [0, 0.1) is 0 Å². The number of rotatable bonds is 0. The molecule has 6 nitrogen and oxygen atoms in total. The smallest absolute Gasteiger partial charge is 0.410 e. The molecule has 2 heterocycles. The fourth-order valence-corrected chi connectivity index (χ4v) is 2.09. The molecule has 0 radical (unpaired) electrons. The van der Waals surface area contributed by atoms with Gasteiger partial charge in [0.1, 0.15) is 5.60 Å². The monoisotopic (exact) mass is 300 g/mol. The van der Waals surface area contributed by atoms with Crippen LogP contribution in [0.25, 0.3) is 0 Å². The van der Waals surface area contributed by atoms with Crippen LogP contribution in [-0.4, -0.2) is 92.8 Å². The summed E-state index contributed by atoms with van der Waals surface area (Å²) in [6.07, 6.45) is -0.189. The number of carbonyl (C=O) groups is 1. The summed E-state index contributed by atoms with van der Waals surface area (Å²) >= 11 is 0. The molecule has 6 heteroatoms. The van der Waals surface area contributed by atoms with E-state index in [1.807, 2.05) is 20.8 Å². The van der Waals surface area contributed by atoms with Crippen LogP contribution in [-0.2, 0) is 4.74 Å². The molecule has 0 unspecified atom stereocenters. The van der Waals surface area contributed by atoms with Crippen molar-refractivity contribution in [1.29, 1.82) is 0 Å². The topological polar surface area (TPSA) is 48.1 Å². The van der Waals surface area contributed by atoms with E-state index >= 15 is 0 Å². The molecule has 21 heavy (non-hydrogen) atoms. The van der Waals surface area contributed by atoms with Crippen LogP contribution < -0.4 is 5.32 Å². The van der Waals surface area contributed by atoms with Gasteiger partial charge in [0.2, 0.25) is 0 Å². The number of likely N-dealkylation sites (N-methyl/N-ethyl adjacent to an activating group) is 2. The van der Waals surface area contributed by atoms with Gasteiger partial charge in [-0.1, -0.05) is 0 Å². The molecule has 124 valence electrons. The number of nitrogens with zero attached hydrogens (tertiary/aromatic N) is 3. The minimum absolute atomic E-state index is 0.189. The Morgan fingerprint density at radius 1 is 0.905 bits per heavy atom. The molecule has 2 aliphatic rings. The molecule has 2 fully saturated rings. The number of carbonyl (C=O) groups excluding carboxylic acids is 1. The average molecular weight is 300 g/mol. The molecular formula is C15H32N4O2. The molecule has 0 spiro atoms. The highest BCUT2D eigenvalue weighted by Crippen LogP contribution is 2.11. The lowest BCUT2D eigenvalue weighted by Gasteiger charge is -2.33. The summed E-state index contributed by atoms with van der Waals surface area (Å²) in [6, 6.07) is 0. The van der Waals surface area contributed by atoms with Gasteiger partial charge in [-0.15, -0.1) is 0 Å². The molecule has 2 aliphatic heterocycles. The van der Waals surface area contributed by atoms with Crippen molar-refractivity contribution in [3.63, 3.8) is 0 Å². The highest BCUT2D eigenvalue weighted by Gasteiger charge is 2.24. The van der Waals surface area contributed by atoms with Crippen LogP contribution in [0.2, 0.25) is 0 Å². The van der Waals surface area contributed by atoms with Crippen molar-refractivity contribution in [2.24, 2.45) is 0 Å². The first-order valence-electron chi connectivity index (χ1n) is 7.83.